The van der Waals surface area contributed by atoms with Crippen molar-refractivity contribution in [3.05, 3.63) is 66.5 Å². The first-order chi connectivity index (χ1) is 21.1. The summed E-state index contributed by atoms with van der Waals surface area (Å²) in [7, 11) is -20.4. The highest BCUT2D eigenvalue weighted by atomic mass is 32.2. The summed E-state index contributed by atoms with van der Waals surface area (Å²) in [4.78, 5) is 7.17. The molecule has 5 aromatic rings. The molecule has 0 aliphatic carbocycles. The van der Waals surface area contributed by atoms with Gasteiger partial charge in [-0.1, -0.05) is 12.1 Å². The molecule has 0 aliphatic heterocycles. The fourth-order valence-corrected chi connectivity index (χ4v) is 6.99. The van der Waals surface area contributed by atoms with E-state index in [1.165, 1.54) is 0 Å². The lowest BCUT2D eigenvalue weighted by Crippen LogP contribution is -2.08. The van der Waals surface area contributed by atoms with Gasteiger partial charge in [0.25, 0.3) is 40.5 Å². The van der Waals surface area contributed by atoms with Crippen LogP contribution in [-0.4, -0.2) is 66.8 Å². The van der Waals surface area contributed by atoms with Crippen LogP contribution >= 0.6 is 0 Å². The van der Waals surface area contributed by atoms with Gasteiger partial charge in [-0.15, -0.1) is 0 Å². The summed E-state index contributed by atoms with van der Waals surface area (Å²) in [6, 6.07) is 6.33. The summed E-state index contributed by atoms with van der Waals surface area (Å²) in [6.07, 6.45) is 0.861. The summed E-state index contributed by atoms with van der Waals surface area (Å²) in [5.41, 5.74) is -1.00. The van der Waals surface area contributed by atoms with E-state index in [1.54, 1.807) is 0 Å². The fourth-order valence-electron chi connectivity index (χ4n) is 4.27. The van der Waals surface area contributed by atoms with Crippen molar-refractivity contribution in [2.45, 2.75) is 19.6 Å². The second-order valence-corrected chi connectivity index (χ2v) is 14.8. The fraction of sp³-hybridized carbons (Fsp3) is 0. The summed E-state index contributed by atoms with van der Waals surface area (Å²) in [5.74, 6) is -3.53. The number of aromatic nitrogens is 3. The van der Waals surface area contributed by atoms with Gasteiger partial charge in [0.2, 0.25) is 11.9 Å². The first kappa shape index (κ1) is 32.9. The Morgan fingerprint density at radius 2 is 0.913 bits per heavy atom. The number of nitrogens with one attached hydrogen (secondary N) is 2. The first-order valence-corrected chi connectivity index (χ1v) is 17.6. The van der Waals surface area contributed by atoms with Gasteiger partial charge >= 0.3 is 0 Å². The van der Waals surface area contributed by atoms with Gasteiger partial charge in [-0.2, -0.15) is 38.7 Å². The van der Waals surface area contributed by atoms with Crippen molar-refractivity contribution in [2.75, 3.05) is 10.6 Å². The van der Waals surface area contributed by atoms with Gasteiger partial charge in [0.05, 0.1) is 21.2 Å². The van der Waals surface area contributed by atoms with Gasteiger partial charge < -0.3 is 10.6 Å². The van der Waals surface area contributed by atoms with Crippen molar-refractivity contribution in [2.24, 2.45) is 0 Å². The number of hydrogen-bond acceptors (Lipinski definition) is 13. The van der Waals surface area contributed by atoms with Crippen LogP contribution < -0.4 is 10.6 Å². The lowest BCUT2D eigenvalue weighted by atomic mass is 10.1. The predicted molar refractivity (Wildman–Crippen MR) is 153 cm³/mol. The maximum Gasteiger partial charge on any atom is 0.295 e. The lowest BCUT2D eigenvalue weighted by Gasteiger charge is -2.13. The summed E-state index contributed by atoms with van der Waals surface area (Å²) < 4.78 is 163. The van der Waals surface area contributed by atoms with Crippen LogP contribution in [-0.2, 0) is 40.5 Å². The second-order valence-electron chi connectivity index (χ2n) is 9.18. The second kappa shape index (κ2) is 11.1. The zero-order chi connectivity index (χ0) is 34.0. The molecule has 6 N–H and O–H groups in total. The predicted octanol–water partition coefficient (Wildman–Crippen LogP) is 2.93. The van der Waals surface area contributed by atoms with Crippen molar-refractivity contribution < 1.29 is 60.7 Å². The number of halogens is 2. The van der Waals surface area contributed by atoms with Gasteiger partial charge in [0.1, 0.15) is 16.1 Å². The van der Waals surface area contributed by atoms with Gasteiger partial charge in [-0.25, -0.2) is 18.7 Å². The van der Waals surface area contributed by atoms with Crippen LogP contribution in [0.2, 0.25) is 0 Å². The molecular weight excluding hydrogens is 705 g/mol. The largest absolute Gasteiger partial charge is 0.321 e. The molecular formula is C23H15F2N5O12S4. The topological polar surface area (TPSA) is 280 Å². The molecule has 1 heterocycles. The molecule has 0 aliphatic rings. The Bertz CT molecular complexity index is 2390. The number of nitrogens with zero attached hydrogens (tertiary/aromatic N) is 3. The minimum atomic E-state index is -5.23. The van der Waals surface area contributed by atoms with E-state index < -0.39 is 106 Å². The molecule has 0 amide bonds. The van der Waals surface area contributed by atoms with Crippen LogP contribution in [0.4, 0.5) is 32.1 Å². The molecule has 0 atom stereocenters. The van der Waals surface area contributed by atoms with Crippen molar-refractivity contribution in [1.29, 1.82) is 0 Å². The van der Waals surface area contributed by atoms with E-state index in [2.05, 4.69) is 25.6 Å². The zero-order valence-corrected chi connectivity index (χ0v) is 25.2. The normalized spacial score (nSPS) is 12.8. The third kappa shape index (κ3) is 6.42. The van der Waals surface area contributed by atoms with E-state index in [1.807, 2.05) is 0 Å². The molecule has 0 fully saturated rings. The van der Waals surface area contributed by atoms with Crippen LogP contribution in [0.1, 0.15) is 0 Å². The van der Waals surface area contributed by atoms with Gasteiger partial charge in [0, 0.05) is 10.8 Å². The Hall–Kier alpha value is -4.49. The molecule has 23 heteroatoms. The van der Waals surface area contributed by atoms with E-state index in [4.69, 9.17) is 0 Å². The number of benzene rings is 4. The van der Waals surface area contributed by atoms with Crippen molar-refractivity contribution in [1.82, 2.24) is 15.0 Å². The van der Waals surface area contributed by atoms with Crippen LogP contribution in [0, 0.1) is 11.6 Å². The Kier molecular flexibility index (Phi) is 7.93. The number of anilines is 4. The van der Waals surface area contributed by atoms with Crippen LogP contribution in [0.5, 0.6) is 0 Å². The average Bonchev–Trinajstić information content (AvgIpc) is 2.93. The molecule has 0 bridgehead atoms. The molecule has 0 saturated carbocycles. The highest BCUT2D eigenvalue weighted by molar-refractivity contribution is 7.87. The van der Waals surface area contributed by atoms with E-state index in [0.717, 1.165) is 42.7 Å². The number of rotatable bonds is 8. The molecule has 0 unspecified atom stereocenters. The van der Waals surface area contributed by atoms with E-state index in [0.29, 0.717) is 12.1 Å². The lowest BCUT2D eigenvalue weighted by molar-refractivity contribution is 0.477. The zero-order valence-electron chi connectivity index (χ0n) is 22.0. The van der Waals surface area contributed by atoms with E-state index in [-0.39, 0.29) is 10.8 Å². The van der Waals surface area contributed by atoms with Crippen molar-refractivity contribution in [3.8, 4) is 0 Å². The number of fused-ring (bicyclic) bond motifs is 2. The minimum Gasteiger partial charge on any atom is -0.321 e. The Labute approximate surface area is 257 Å². The molecule has 0 radical (unpaired) electrons. The SMILES string of the molecule is O=S(=O)(O)c1cc(S(=O)(=O)O)c2c(F)c(Nc3ncnc(Nc4ccc5cc(S(=O)(=O)O)cc(S(=O)(=O)O)c5c4F)n3)ccc2c1. The summed E-state index contributed by atoms with van der Waals surface area (Å²) in [6.45, 7) is 0. The molecule has 242 valence electrons. The molecule has 4 aromatic carbocycles. The van der Waals surface area contributed by atoms with Crippen LogP contribution in [0.3, 0.4) is 0 Å². The van der Waals surface area contributed by atoms with E-state index in [9.17, 15) is 51.9 Å². The Morgan fingerprint density at radius 3 is 1.24 bits per heavy atom. The average molecular weight is 720 g/mol. The van der Waals surface area contributed by atoms with Crippen molar-refractivity contribution >= 4 is 85.3 Å². The molecule has 0 saturated heterocycles. The summed E-state index contributed by atoms with van der Waals surface area (Å²) in [5, 5.41) is 2.58. The van der Waals surface area contributed by atoms with Gasteiger partial charge in [-0.05, 0) is 47.2 Å². The first-order valence-electron chi connectivity index (χ1n) is 11.8. The quantitative estimate of drug-likeness (QED) is 0.126. The van der Waals surface area contributed by atoms with Crippen LogP contribution in [0.15, 0.2) is 74.4 Å². The van der Waals surface area contributed by atoms with E-state index >= 15 is 8.78 Å². The van der Waals surface area contributed by atoms with Gasteiger partial charge in [0.15, 0.2) is 11.6 Å². The van der Waals surface area contributed by atoms with Gasteiger partial charge in [-0.3, -0.25) is 18.2 Å². The monoisotopic (exact) mass is 719 g/mol. The molecule has 46 heavy (non-hydrogen) atoms. The maximum absolute atomic E-state index is 15.5. The third-order valence-corrected chi connectivity index (χ3v) is 9.62. The smallest absolute Gasteiger partial charge is 0.295 e. The van der Waals surface area contributed by atoms with Crippen molar-refractivity contribution in [3.63, 3.8) is 0 Å². The van der Waals surface area contributed by atoms with Crippen LogP contribution in [0.25, 0.3) is 21.5 Å². The molecule has 5 rings (SSSR count). The maximum atomic E-state index is 15.5. The molecule has 17 nitrogen and oxygen atoms in total. The Balaban J connectivity index is 1.55. The standard InChI is InChI=1S/C23H15F2N5O12S4/c24-20-14(3-1-10-5-12(43(31,32)33)7-16(18(10)20)45(37,38)39)28-22-26-9-27-23(30-22)29-15-4-2-11-6-13(44(34,35)36)8-17(46(40,41)42)19(11)21(15)25/h1-9H,(H,31,32,33)(H,34,35,36)(H,37,38,39)(H,40,41,42)(H2,26,27,28,29,30). The molecule has 1 aromatic heterocycles. The minimum absolute atomic E-state index is 0.344. The third-order valence-electron chi connectivity index (χ3n) is 6.20. The Morgan fingerprint density at radius 1 is 0.543 bits per heavy atom. The highest BCUT2D eigenvalue weighted by Crippen LogP contribution is 2.35. The summed E-state index contributed by atoms with van der Waals surface area (Å²) >= 11 is 0. The molecule has 0 spiro atoms. The number of hydrogen-bond donors (Lipinski definition) is 6. The highest BCUT2D eigenvalue weighted by Gasteiger charge is 2.26.